The van der Waals surface area contributed by atoms with E-state index in [9.17, 15) is 0 Å². The van der Waals surface area contributed by atoms with E-state index in [4.69, 9.17) is 29.7 Å². The van der Waals surface area contributed by atoms with Crippen molar-refractivity contribution in [1.82, 2.24) is 29.5 Å². The summed E-state index contributed by atoms with van der Waals surface area (Å²) in [6.45, 7) is 23.6. The molecule has 7 rings (SSSR count). The van der Waals surface area contributed by atoms with Crippen LogP contribution in [-0.4, -0.2) is 29.5 Å². The quantitative estimate of drug-likeness (QED) is 0.163. The number of hydrogen-bond donors (Lipinski definition) is 0. The molecule has 278 valence electrons. The van der Waals surface area contributed by atoms with Crippen LogP contribution >= 0.6 is 0 Å². The van der Waals surface area contributed by atoms with Crippen molar-refractivity contribution in [3.8, 4) is 62.3 Å². The highest BCUT2D eigenvalue weighted by Gasteiger charge is 2.26. The molecule has 0 aliphatic heterocycles. The molecular formula is C48H50N6O. The zero-order valence-electron chi connectivity index (χ0n) is 33.9. The van der Waals surface area contributed by atoms with Crippen molar-refractivity contribution < 1.29 is 4.74 Å². The number of hydrogen-bond acceptors (Lipinski definition) is 6. The van der Waals surface area contributed by atoms with E-state index in [1.54, 1.807) is 0 Å². The van der Waals surface area contributed by atoms with E-state index in [0.717, 1.165) is 79.3 Å². The first-order valence-corrected chi connectivity index (χ1v) is 18.9. The number of rotatable bonds is 7. The maximum atomic E-state index is 6.48. The number of benzene rings is 4. The summed E-state index contributed by atoms with van der Waals surface area (Å²) in [5, 5.41) is 0. The Morgan fingerprint density at radius 2 is 1.11 bits per heavy atom. The van der Waals surface area contributed by atoms with Crippen molar-refractivity contribution in [3.05, 3.63) is 143 Å². The fourth-order valence-corrected chi connectivity index (χ4v) is 7.08. The average molecular weight is 727 g/mol. The van der Waals surface area contributed by atoms with Gasteiger partial charge in [0, 0.05) is 46.1 Å². The molecule has 55 heavy (non-hydrogen) atoms. The van der Waals surface area contributed by atoms with Crippen molar-refractivity contribution >= 4 is 0 Å². The van der Waals surface area contributed by atoms with Crippen LogP contribution in [0, 0.1) is 34.6 Å². The summed E-state index contributed by atoms with van der Waals surface area (Å²) in [6.07, 6.45) is 5.82. The predicted octanol–water partition coefficient (Wildman–Crippen LogP) is 12.0. The molecule has 4 aromatic carbocycles. The van der Waals surface area contributed by atoms with E-state index in [2.05, 4.69) is 135 Å². The zero-order chi connectivity index (χ0) is 39.2. The highest BCUT2D eigenvalue weighted by Crippen LogP contribution is 2.37. The van der Waals surface area contributed by atoms with Gasteiger partial charge in [0.1, 0.15) is 29.0 Å². The monoisotopic (exact) mass is 726 g/mol. The third-order valence-electron chi connectivity index (χ3n) is 9.92. The molecule has 0 aliphatic rings. The van der Waals surface area contributed by atoms with Crippen molar-refractivity contribution in [1.29, 1.82) is 0 Å². The lowest BCUT2D eigenvalue weighted by atomic mass is 9.90. The first-order valence-electron chi connectivity index (χ1n) is 18.9. The van der Waals surface area contributed by atoms with Gasteiger partial charge >= 0.3 is 0 Å². The topological polar surface area (TPSA) is 78.6 Å². The molecule has 7 nitrogen and oxygen atoms in total. The van der Waals surface area contributed by atoms with Crippen molar-refractivity contribution in [2.45, 2.75) is 87.0 Å². The summed E-state index contributed by atoms with van der Waals surface area (Å²) in [5.41, 5.74) is 12.7. The fraction of sp³-hybridized carbons (Fsp3) is 0.271. The molecule has 7 aromatic rings. The molecule has 0 saturated carbocycles. The van der Waals surface area contributed by atoms with Gasteiger partial charge in [0.2, 0.25) is 0 Å². The maximum Gasteiger partial charge on any atom is 0.163 e. The standard InChI is InChI=1S/C48H50N6O/c1-29-15-12-16-30(2)42(29)54-22-21-49-44(54)35-18-14-20-38(26-35)55-37-19-13-17-34(25-37)40-27-39(33(5)28-50-40)41-31(3)23-36(24-32(41)4)43-51-45(47(6,7)8)53-46(52-43)48(9,10)11/h12-28H,1-11H3. The smallest absolute Gasteiger partial charge is 0.163 e. The second kappa shape index (κ2) is 14.4. The maximum absolute atomic E-state index is 6.48. The lowest BCUT2D eigenvalue weighted by Crippen LogP contribution is -2.24. The van der Waals surface area contributed by atoms with E-state index in [1.165, 1.54) is 16.7 Å². The van der Waals surface area contributed by atoms with E-state index < -0.39 is 0 Å². The van der Waals surface area contributed by atoms with Crippen LogP contribution in [0.25, 0.3) is 50.8 Å². The fourth-order valence-electron chi connectivity index (χ4n) is 7.08. The highest BCUT2D eigenvalue weighted by molar-refractivity contribution is 5.80. The Morgan fingerprint density at radius 3 is 1.71 bits per heavy atom. The second-order valence-corrected chi connectivity index (χ2v) is 16.7. The SMILES string of the molecule is Cc1cnc(-c2cccc(Oc3cccc(-c4nccn4-c4c(C)cccc4C)c3)c2)cc1-c1c(C)cc(-c2nc(C(C)(C)C)nc(C(C)(C)C)n2)cc1C. The largest absolute Gasteiger partial charge is 0.457 e. The first kappa shape index (κ1) is 37.4. The molecule has 3 aromatic heterocycles. The normalized spacial score (nSPS) is 11.9. The van der Waals surface area contributed by atoms with Crippen LogP contribution in [0.15, 0.2) is 104 Å². The zero-order valence-corrected chi connectivity index (χ0v) is 33.9. The van der Waals surface area contributed by atoms with Gasteiger partial charge in [-0.1, -0.05) is 84.0 Å². The Hall–Kier alpha value is -5.95. The number of para-hydroxylation sites is 1. The summed E-state index contributed by atoms with van der Waals surface area (Å²) in [4.78, 5) is 24.4. The van der Waals surface area contributed by atoms with Crippen LogP contribution in [0.4, 0.5) is 0 Å². The minimum atomic E-state index is -0.204. The molecule has 3 heterocycles. The third kappa shape index (κ3) is 7.70. The molecule has 0 aliphatic carbocycles. The number of ether oxygens (including phenoxy) is 1. The Morgan fingerprint density at radius 1 is 0.545 bits per heavy atom. The van der Waals surface area contributed by atoms with Gasteiger partial charge < -0.3 is 4.74 Å². The van der Waals surface area contributed by atoms with Crippen molar-refractivity contribution in [2.75, 3.05) is 0 Å². The number of aryl methyl sites for hydroxylation is 5. The number of aromatic nitrogens is 6. The van der Waals surface area contributed by atoms with Gasteiger partial charge in [-0.25, -0.2) is 19.9 Å². The van der Waals surface area contributed by atoms with Gasteiger partial charge in [0.05, 0.1) is 11.4 Å². The molecule has 0 unspecified atom stereocenters. The molecule has 0 bridgehead atoms. The Labute approximate surface area is 325 Å². The molecule has 0 saturated heterocycles. The first-order chi connectivity index (χ1) is 26.1. The summed E-state index contributed by atoms with van der Waals surface area (Å²) in [7, 11) is 0. The van der Waals surface area contributed by atoms with E-state index in [0.29, 0.717) is 5.82 Å². The molecule has 0 amide bonds. The summed E-state index contributed by atoms with van der Waals surface area (Å²) < 4.78 is 8.64. The van der Waals surface area contributed by atoms with Crippen LogP contribution in [0.5, 0.6) is 11.5 Å². The average Bonchev–Trinajstić information content (AvgIpc) is 3.61. The Balaban J connectivity index is 1.19. The second-order valence-electron chi connectivity index (χ2n) is 16.7. The highest BCUT2D eigenvalue weighted by atomic mass is 16.5. The predicted molar refractivity (Wildman–Crippen MR) is 224 cm³/mol. The van der Waals surface area contributed by atoms with Gasteiger partial charge in [-0.15, -0.1) is 0 Å². The molecular weight excluding hydrogens is 677 g/mol. The summed E-state index contributed by atoms with van der Waals surface area (Å²) in [6, 6.07) is 29.2. The van der Waals surface area contributed by atoms with Crippen LogP contribution < -0.4 is 4.74 Å². The Bertz CT molecular complexity index is 2470. The van der Waals surface area contributed by atoms with E-state index >= 15 is 0 Å². The van der Waals surface area contributed by atoms with Crippen molar-refractivity contribution in [3.63, 3.8) is 0 Å². The van der Waals surface area contributed by atoms with Gasteiger partial charge in [-0.05, 0) is 116 Å². The van der Waals surface area contributed by atoms with Crippen molar-refractivity contribution in [2.24, 2.45) is 0 Å². The van der Waals surface area contributed by atoms with E-state index in [1.807, 2.05) is 48.9 Å². The van der Waals surface area contributed by atoms with Gasteiger partial charge in [0.25, 0.3) is 0 Å². The third-order valence-corrected chi connectivity index (χ3v) is 9.92. The molecule has 0 fully saturated rings. The minimum Gasteiger partial charge on any atom is -0.457 e. The van der Waals surface area contributed by atoms with E-state index in [-0.39, 0.29) is 10.8 Å². The molecule has 0 N–H and O–H groups in total. The lowest BCUT2D eigenvalue weighted by Gasteiger charge is -2.23. The van der Waals surface area contributed by atoms with Crippen LogP contribution in [-0.2, 0) is 10.8 Å². The molecule has 0 atom stereocenters. The number of nitrogens with zero attached hydrogens (tertiary/aromatic N) is 6. The number of pyridine rings is 1. The molecule has 0 radical (unpaired) electrons. The molecule has 7 heteroatoms. The number of imidazole rings is 1. The van der Waals surface area contributed by atoms with Crippen LogP contribution in [0.3, 0.4) is 0 Å². The van der Waals surface area contributed by atoms with Gasteiger partial charge in [0.15, 0.2) is 5.82 Å². The lowest BCUT2D eigenvalue weighted by molar-refractivity contribution is 0.483. The van der Waals surface area contributed by atoms with Gasteiger partial charge in [-0.2, -0.15) is 0 Å². The van der Waals surface area contributed by atoms with Crippen LogP contribution in [0.1, 0.15) is 81.0 Å². The summed E-state index contributed by atoms with van der Waals surface area (Å²) in [5.74, 6) is 4.64. The minimum absolute atomic E-state index is 0.204. The Kier molecular flexibility index (Phi) is 9.76. The summed E-state index contributed by atoms with van der Waals surface area (Å²) >= 11 is 0. The van der Waals surface area contributed by atoms with Gasteiger partial charge in [-0.3, -0.25) is 9.55 Å². The molecule has 0 spiro atoms. The van der Waals surface area contributed by atoms with Crippen LogP contribution in [0.2, 0.25) is 0 Å².